The van der Waals surface area contributed by atoms with Crippen LogP contribution in [0.3, 0.4) is 0 Å². The summed E-state index contributed by atoms with van der Waals surface area (Å²) in [5.41, 5.74) is 17.7. The number of aromatic nitrogens is 4. The van der Waals surface area contributed by atoms with Gasteiger partial charge in [-0.3, -0.25) is 4.98 Å². The van der Waals surface area contributed by atoms with Crippen LogP contribution in [0, 0.1) is 0 Å². The van der Waals surface area contributed by atoms with Crippen LogP contribution in [-0.2, 0) is 5.41 Å². The highest BCUT2D eigenvalue weighted by atomic mass is 32.2. The SMILES string of the molecule is c1ccc(-c2ccc(-c3ccc(-c4nc(-c5ccccc5)nc(-c5cccc6c5Sc5c(-c7cccc8cccnc78)cccc5C65c6ccccc6-c6ccccc65)n4)cc3)cc2)cc1. The van der Waals surface area contributed by atoms with Crippen LogP contribution < -0.4 is 0 Å². The molecule has 1 spiro atoms. The van der Waals surface area contributed by atoms with E-state index in [-0.39, 0.29) is 0 Å². The molecule has 0 N–H and O–H groups in total. The van der Waals surface area contributed by atoms with Crippen molar-refractivity contribution in [3.63, 3.8) is 0 Å². The maximum Gasteiger partial charge on any atom is 0.165 e. The molecule has 1 aliphatic carbocycles. The zero-order valence-electron chi connectivity index (χ0n) is 35.6. The zero-order valence-corrected chi connectivity index (χ0v) is 36.5. The fourth-order valence-electron chi connectivity index (χ4n) is 10.3. The van der Waals surface area contributed by atoms with Gasteiger partial charge >= 0.3 is 0 Å². The van der Waals surface area contributed by atoms with Gasteiger partial charge in [0, 0.05) is 43.6 Å². The second-order valence-electron chi connectivity index (χ2n) is 16.9. The molecule has 1 aliphatic heterocycles. The van der Waals surface area contributed by atoms with Gasteiger partial charge in [-0.05, 0) is 67.3 Å². The number of hydrogen-bond donors (Lipinski definition) is 0. The first-order valence-electron chi connectivity index (χ1n) is 22.3. The second kappa shape index (κ2) is 15.5. The minimum absolute atomic E-state index is 0.611. The number of hydrogen-bond acceptors (Lipinski definition) is 5. The maximum atomic E-state index is 5.39. The smallest absolute Gasteiger partial charge is 0.165 e. The van der Waals surface area contributed by atoms with Gasteiger partial charge in [0.2, 0.25) is 0 Å². The molecule has 0 fully saturated rings. The fourth-order valence-corrected chi connectivity index (χ4v) is 11.7. The lowest BCUT2D eigenvalue weighted by atomic mass is 9.66. The van der Waals surface area contributed by atoms with E-state index in [2.05, 4.69) is 194 Å². The number of pyridine rings is 1. The summed E-state index contributed by atoms with van der Waals surface area (Å²) in [7, 11) is 0. The lowest BCUT2D eigenvalue weighted by Gasteiger charge is -2.41. The van der Waals surface area contributed by atoms with Crippen molar-refractivity contribution in [2.45, 2.75) is 15.2 Å². The molecule has 0 radical (unpaired) electrons. The highest BCUT2D eigenvalue weighted by Crippen LogP contribution is 2.64. The number of fused-ring (bicyclic) bond motifs is 10. The standard InChI is InChI=1S/C61H38N4S/c1-3-15-39(16-4-1)40-30-32-41(33-31-40)42-34-36-45(37-35-42)59-63-58(44-17-5-2-6-18-44)64-60(65-59)50-25-13-29-54-57(50)66-56-49(48-23-11-19-43-20-14-38-62-55(43)48)24-12-28-53(56)61(54)51-26-9-7-21-46(51)47-22-8-10-27-52(47)61/h1-38H. The van der Waals surface area contributed by atoms with Crippen molar-refractivity contribution in [1.82, 2.24) is 19.9 Å². The number of rotatable bonds is 6. The fraction of sp³-hybridized carbons (Fsp3) is 0.0164. The largest absolute Gasteiger partial charge is 0.256 e. The molecule has 4 nitrogen and oxygen atoms in total. The Morgan fingerprint density at radius 3 is 1.32 bits per heavy atom. The van der Waals surface area contributed by atoms with Crippen molar-refractivity contribution in [3.8, 4) is 78.7 Å². The second-order valence-corrected chi connectivity index (χ2v) is 17.9. The first-order chi connectivity index (χ1) is 32.7. The molecule has 5 heteroatoms. The monoisotopic (exact) mass is 858 g/mol. The molecule has 308 valence electrons. The van der Waals surface area contributed by atoms with E-state index in [0.717, 1.165) is 54.7 Å². The van der Waals surface area contributed by atoms with Crippen LogP contribution in [-0.4, -0.2) is 19.9 Å². The van der Waals surface area contributed by atoms with E-state index in [4.69, 9.17) is 19.9 Å². The molecule has 13 rings (SSSR count). The average Bonchev–Trinajstić information content (AvgIpc) is 3.69. The van der Waals surface area contributed by atoms with E-state index in [9.17, 15) is 0 Å². The maximum absolute atomic E-state index is 5.39. The van der Waals surface area contributed by atoms with Crippen LogP contribution in [0.5, 0.6) is 0 Å². The van der Waals surface area contributed by atoms with Crippen LogP contribution in [0.15, 0.2) is 240 Å². The van der Waals surface area contributed by atoms with Crippen molar-refractivity contribution in [2.75, 3.05) is 0 Å². The molecule has 0 unspecified atom stereocenters. The van der Waals surface area contributed by atoms with Crippen molar-refractivity contribution in [3.05, 3.63) is 253 Å². The predicted molar refractivity (Wildman–Crippen MR) is 269 cm³/mol. The molecular formula is C61H38N4S. The van der Waals surface area contributed by atoms with E-state index in [1.807, 2.05) is 48.3 Å². The zero-order chi connectivity index (χ0) is 43.6. The van der Waals surface area contributed by atoms with Crippen molar-refractivity contribution in [1.29, 1.82) is 0 Å². The van der Waals surface area contributed by atoms with Crippen molar-refractivity contribution < 1.29 is 0 Å². The van der Waals surface area contributed by atoms with E-state index in [1.165, 1.54) is 49.4 Å². The van der Waals surface area contributed by atoms with Gasteiger partial charge in [0.1, 0.15) is 0 Å². The van der Waals surface area contributed by atoms with Crippen LogP contribution in [0.1, 0.15) is 22.3 Å². The van der Waals surface area contributed by atoms with Crippen LogP contribution in [0.25, 0.3) is 89.6 Å². The van der Waals surface area contributed by atoms with E-state index in [1.54, 1.807) is 0 Å². The Hall–Kier alpha value is -8.25. The average molecular weight is 859 g/mol. The minimum Gasteiger partial charge on any atom is -0.256 e. The van der Waals surface area contributed by atoms with Gasteiger partial charge in [-0.1, -0.05) is 230 Å². The number of para-hydroxylation sites is 1. The van der Waals surface area contributed by atoms with Crippen molar-refractivity contribution in [2.24, 2.45) is 0 Å². The quantitative estimate of drug-likeness (QED) is 0.167. The van der Waals surface area contributed by atoms with Gasteiger partial charge in [0.25, 0.3) is 0 Å². The van der Waals surface area contributed by atoms with Crippen molar-refractivity contribution >= 4 is 22.7 Å². The predicted octanol–water partition coefficient (Wildman–Crippen LogP) is 15.2. The molecule has 66 heavy (non-hydrogen) atoms. The molecule has 0 saturated carbocycles. The summed E-state index contributed by atoms with van der Waals surface area (Å²) in [6.07, 6.45) is 1.90. The Balaban J connectivity index is 1.01. The summed E-state index contributed by atoms with van der Waals surface area (Å²) in [6, 6.07) is 80.2. The summed E-state index contributed by atoms with van der Waals surface area (Å²) in [5.74, 6) is 1.88. The molecule has 0 amide bonds. The molecule has 11 aromatic rings. The third-order valence-corrected chi connectivity index (χ3v) is 14.6. The van der Waals surface area contributed by atoms with E-state index in [0.29, 0.717) is 17.5 Å². The number of benzene rings is 9. The van der Waals surface area contributed by atoms with E-state index < -0.39 is 5.41 Å². The lowest BCUT2D eigenvalue weighted by molar-refractivity contribution is 0.723. The summed E-state index contributed by atoms with van der Waals surface area (Å²) in [5, 5.41) is 1.11. The summed E-state index contributed by atoms with van der Waals surface area (Å²) in [4.78, 5) is 23.2. The summed E-state index contributed by atoms with van der Waals surface area (Å²) >= 11 is 1.82. The van der Waals surface area contributed by atoms with Gasteiger partial charge in [-0.2, -0.15) is 0 Å². The van der Waals surface area contributed by atoms with Crippen LogP contribution >= 0.6 is 11.8 Å². The highest BCUT2D eigenvalue weighted by molar-refractivity contribution is 7.99. The Labute approximate surface area is 387 Å². The third kappa shape index (κ3) is 6.01. The highest BCUT2D eigenvalue weighted by Gasteiger charge is 2.51. The van der Waals surface area contributed by atoms with Crippen LogP contribution in [0.2, 0.25) is 0 Å². The molecule has 0 atom stereocenters. The number of nitrogens with zero attached hydrogens (tertiary/aromatic N) is 4. The van der Waals surface area contributed by atoms with Crippen LogP contribution in [0.4, 0.5) is 0 Å². The molecule has 2 aliphatic rings. The lowest BCUT2D eigenvalue weighted by Crippen LogP contribution is -2.32. The Kier molecular flexibility index (Phi) is 8.97. The normalized spacial score (nSPS) is 12.9. The first-order valence-corrected chi connectivity index (χ1v) is 23.1. The Morgan fingerprint density at radius 2 is 0.697 bits per heavy atom. The Morgan fingerprint density at radius 1 is 0.288 bits per heavy atom. The molecule has 0 bridgehead atoms. The van der Waals surface area contributed by atoms with Gasteiger partial charge < -0.3 is 0 Å². The molecular weight excluding hydrogens is 821 g/mol. The molecule has 2 aromatic heterocycles. The van der Waals surface area contributed by atoms with Gasteiger partial charge in [-0.25, -0.2) is 15.0 Å². The van der Waals surface area contributed by atoms with Gasteiger partial charge in [0.05, 0.1) is 10.9 Å². The first kappa shape index (κ1) is 38.2. The van der Waals surface area contributed by atoms with E-state index >= 15 is 0 Å². The molecule has 9 aromatic carbocycles. The molecule has 3 heterocycles. The third-order valence-electron chi connectivity index (χ3n) is 13.3. The Bertz CT molecular complexity index is 3610. The summed E-state index contributed by atoms with van der Waals surface area (Å²) < 4.78 is 0. The van der Waals surface area contributed by atoms with Gasteiger partial charge in [0.15, 0.2) is 17.5 Å². The summed E-state index contributed by atoms with van der Waals surface area (Å²) in [6.45, 7) is 0. The van der Waals surface area contributed by atoms with Gasteiger partial charge in [-0.15, -0.1) is 0 Å². The minimum atomic E-state index is -0.611. The molecule has 0 saturated heterocycles. The topological polar surface area (TPSA) is 51.6 Å².